The summed E-state index contributed by atoms with van der Waals surface area (Å²) in [7, 11) is 0. The van der Waals surface area contributed by atoms with Gasteiger partial charge in [0.15, 0.2) is 6.04 Å². The minimum absolute atomic E-state index is 0.0462. The van der Waals surface area contributed by atoms with E-state index in [-0.39, 0.29) is 11.7 Å². The Morgan fingerprint density at radius 1 is 1.06 bits per heavy atom. The predicted molar refractivity (Wildman–Crippen MR) is 119 cm³/mol. The molecule has 0 radical (unpaired) electrons. The van der Waals surface area contributed by atoms with Gasteiger partial charge in [-0.05, 0) is 45.2 Å². The molecule has 172 valence electrons. The molecular formula is C25H31FN2O4. The van der Waals surface area contributed by atoms with Crippen LogP contribution in [0, 0.1) is 5.82 Å². The summed E-state index contributed by atoms with van der Waals surface area (Å²) in [5.74, 6) is -1.29. The van der Waals surface area contributed by atoms with Gasteiger partial charge in [0, 0.05) is 25.2 Å². The van der Waals surface area contributed by atoms with Gasteiger partial charge in [0.25, 0.3) is 0 Å². The highest BCUT2D eigenvalue weighted by molar-refractivity contribution is 5.83. The molecule has 1 saturated heterocycles. The van der Waals surface area contributed by atoms with Gasteiger partial charge < -0.3 is 14.8 Å². The van der Waals surface area contributed by atoms with E-state index in [4.69, 9.17) is 9.47 Å². The minimum atomic E-state index is -1.28. The number of alkyl carbamates (subject to hydrolysis) is 1. The van der Waals surface area contributed by atoms with E-state index in [1.165, 1.54) is 23.8 Å². The lowest BCUT2D eigenvalue weighted by atomic mass is 10.0. The maximum absolute atomic E-state index is 14.4. The molecule has 1 aliphatic rings. The van der Waals surface area contributed by atoms with Gasteiger partial charge in [-0.15, -0.1) is 0 Å². The Hall–Kier alpha value is -2.93. The smallest absolute Gasteiger partial charge is 0.408 e. The summed E-state index contributed by atoms with van der Waals surface area (Å²) in [5.41, 5.74) is 0.535. The van der Waals surface area contributed by atoms with Gasteiger partial charge in [0.1, 0.15) is 17.5 Å². The number of halogens is 1. The van der Waals surface area contributed by atoms with Gasteiger partial charge in [0.2, 0.25) is 0 Å². The van der Waals surface area contributed by atoms with Crippen molar-refractivity contribution in [1.82, 2.24) is 10.2 Å². The average Bonchev–Trinajstić information content (AvgIpc) is 2.73. The Bertz CT molecular complexity index is 906. The zero-order chi connectivity index (χ0) is 23.1. The van der Waals surface area contributed by atoms with Gasteiger partial charge in [0.05, 0.1) is 0 Å². The molecule has 1 heterocycles. The van der Waals surface area contributed by atoms with E-state index in [0.29, 0.717) is 12.8 Å². The first-order chi connectivity index (χ1) is 15.2. The van der Waals surface area contributed by atoms with Crippen LogP contribution in [0.2, 0.25) is 0 Å². The summed E-state index contributed by atoms with van der Waals surface area (Å²) in [6.45, 7) is 7.57. The third-order valence-electron chi connectivity index (χ3n) is 5.18. The zero-order valence-electron chi connectivity index (χ0n) is 18.8. The molecule has 0 saturated carbocycles. The third-order valence-corrected chi connectivity index (χ3v) is 5.18. The maximum Gasteiger partial charge on any atom is 0.408 e. The van der Waals surface area contributed by atoms with Crippen molar-refractivity contribution in [3.05, 3.63) is 71.5 Å². The summed E-state index contributed by atoms with van der Waals surface area (Å²) >= 11 is 0. The number of benzene rings is 2. The lowest BCUT2D eigenvalue weighted by Crippen LogP contribution is -2.42. The molecule has 0 aromatic heterocycles. The van der Waals surface area contributed by atoms with Crippen molar-refractivity contribution in [2.75, 3.05) is 13.1 Å². The molecule has 0 bridgehead atoms. The molecule has 1 atom stereocenters. The molecule has 2 aromatic carbocycles. The minimum Gasteiger partial charge on any atom is -0.460 e. The van der Waals surface area contributed by atoms with E-state index in [1.54, 1.807) is 26.8 Å². The summed E-state index contributed by atoms with van der Waals surface area (Å²) in [6, 6.07) is 14.8. The molecular weight excluding hydrogens is 411 g/mol. The van der Waals surface area contributed by atoms with E-state index in [1.807, 2.05) is 18.2 Å². The molecule has 6 nitrogen and oxygen atoms in total. The lowest BCUT2D eigenvalue weighted by molar-refractivity contribution is -0.154. The number of esters is 1. The fourth-order valence-corrected chi connectivity index (χ4v) is 3.66. The van der Waals surface area contributed by atoms with Gasteiger partial charge in [-0.3, -0.25) is 4.90 Å². The predicted octanol–water partition coefficient (Wildman–Crippen LogP) is 4.60. The maximum atomic E-state index is 14.4. The topological polar surface area (TPSA) is 67.9 Å². The van der Waals surface area contributed by atoms with Crippen LogP contribution in [0.25, 0.3) is 0 Å². The molecule has 3 rings (SSSR count). The quantitative estimate of drug-likeness (QED) is 0.663. The van der Waals surface area contributed by atoms with Crippen molar-refractivity contribution in [2.45, 2.75) is 57.9 Å². The highest BCUT2D eigenvalue weighted by Crippen LogP contribution is 2.23. The molecule has 32 heavy (non-hydrogen) atoms. The fourth-order valence-electron chi connectivity index (χ4n) is 3.66. The van der Waals surface area contributed by atoms with E-state index in [0.717, 1.165) is 19.6 Å². The lowest BCUT2D eigenvalue weighted by Gasteiger charge is -2.32. The molecule has 2 aromatic rings. The number of amides is 1. The molecule has 1 amide bonds. The second-order valence-corrected chi connectivity index (χ2v) is 9.00. The second kappa shape index (κ2) is 10.6. The monoisotopic (exact) mass is 442 g/mol. The Morgan fingerprint density at radius 2 is 1.69 bits per heavy atom. The number of likely N-dealkylation sites (tertiary alicyclic amines) is 1. The van der Waals surface area contributed by atoms with Crippen molar-refractivity contribution >= 4 is 12.1 Å². The molecule has 1 N–H and O–H groups in total. The molecule has 7 heteroatoms. The first-order valence-electron chi connectivity index (χ1n) is 10.9. The number of piperidine rings is 1. The first-order valence-corrected chi connectivity index (χ1v) is 10.9. The Kier molecular flexibility index (Phi) is 7.85. The standard InChI is InChI=1S/C25H31FN2O4/c1-25(2,3)32-24(30)27-22(20-11-7-8-12-21(20)26)23(29)31-19-13-15-28(16-14-19)17-18-9-5-4-6-10-18/h4-12,19,22H,13-17H2,1-3H3,(H,27,30). The number of hydrogen-bond donors (Lipinski definition) is 1. The van der Waals surface area contributed by atoms with Crippen LogP contribution in [0.4, 0.5) is 9.18 Å². The Balaban J connectivity index is 1.61. The van der Waals surface area contributed by atoms with Crippen LogP contribution in [-0.2, 0) is 20.8 Å². The number of hydrogen-bond acceptors (Lipinski definition) is 5. The Morgan fingerprint density at radius 3 is 2.31 bits per heavy atom. The number of carbonyl (C=O) groups is 2. The number of ether oxygens (including phenoxy) is 2. The van der Waals surface area contributed by atoms with Gasteiger partial charge in [-0.2, -0.15) is 0 Å². The Labute approximate surface area is 188 Å². The van der Waals surface area contributed by atoms with Crippen molar-refractivity contribution in [3.8, 4) is 0 Å². The third kappa shape index (κ3) is 7.05. The van der Waals surface area contributed by atoms with Crippen LogP contribution in [-0.4, -0.2) is 41.8 Å². The van der Waals surface area contributed by atoms with Crippen LogP contribution >= 0.6 is 0 Å². The number of nitrogens with one attached hydrogen (secondary N) is 1. The van der Waals surface area contributed by atoms with Crippen molar-refractivity contribution in [3.63, 3.8) is 0 Å². The normalized spacial score (nSPS) is 16.2. The van der Waals surface area contributed by atoms with E-state index < -0.39 is 29.5 Å². The zero-order valence-corrected chi connectivity index (χ0v) is 18.8. The van der Waals surface area contributed by atoms with Crippen LogP contribution < -0.4 is 5.32 Å². The van der Waals surface area contributed by atoms with E-state index >= 15 is 0 Å². The molecule has 0 aliphatic carbocycles. The second-order valence-electron chi connectivity index (χ2n) is 9.00. The van der Waals surface area contributed by atoms with Crippen LogP contribution in [0.5, 0.6) is 0 Å². The van der Waals surface area contributed by atoms with Crippen molar-refractivity contribution in [1.29, 1.82) is 0 Å². The fraction of sp³-hybridized carbons (Fsp3) is 0.440. The van der Waals surface area contributed by atoms with Crippen molar-refractivity contribution < 1.29 is 23.5 Å². The number of carbonyl (C=O) groups excluding carboxylic acids is 2. The van der Waals surface area contributed by atoms with Crippen molar-refractivity contribution in [2.24, 2.45) is 0 Å². The summed E-state index contributed by atoms with van der Waals surface area (Å²) in [4.78, 5) is 27.6. The van der Waals surface area contributed by atoms with Gasteiger partial charge >= 0.3 is 12.1 Å². The summed E-state index contributed by atoms with van der Waals surface area (Å²) in [5, 5.41) is 2.48. The number of rotatable bonds is 6. The summed E-state index contributed by atoms with van der Waals surface area (Å²) in [6.07, 6.45) is 0.258. The van der Waals surface area contributed by atoms with E-state index in [9.17, 15) is 14.0 Å². The highest BCUT2D eigenvalue weighted by atomic mass is 19.1. The van der Waals surface area contributed by atoms with Gasteiger partial charge in [-0.1, -0.05) is 48.5 Å². The van der Waals surface area contributed by atoms with E-state index in [2.05, 4.69) is 22.3 Å². The molecule has 1 aliphatic heterocycles. The van der Waals surface area contributed by atoms with Gasteiger partial charge in [-0.25, -0.2) is 14.0 Å². The number of nitrogens with zero attached hydrogens (tertiary/aromatic N) is 1. The average molecular weight is 443 g/mol. The molecule has 0 spiro atoms. The highest BCUT2D eigenvalue weighted by Gasteiger charge is 2.32. The summed E-state index contributed by atoms with van der Waals surface area (Å²) < 4.78 is 25.4. The van der Waals surface area contributed by atoms with Crippen LogP contribution in [0.15, 0.2) is 54.6 Å². The SMILES string of the molecule is CC(C)(C)OC(=O)NC(C(=O)OC1CCN(Cc2ccccc2)CC1)c1ccccc1F. The largest absolute Gasteiger partial charge is 0.460 e. The molecule has 1 unspecified atom stereocenters. The molecule has 1 fully saturated rings. The van der Waals surface area contributed by atoms with Crippen LogP contribution in [0.1, 0.15) is 50.8 Å². The van der Waals surface area contributed by atoms with Crippen LogP contribution in [0.3, 0.4) is 0 Å². The first kappa shape index (κ1) is 23.7.